The van der Waals surface area contributed by atoms with Crippen molar-refractivity contribution in [3.63, 3.8) is 0 Å². The average molecular weight is 357 g/mol. The number of carbonyl (C=O) groups excluding carboxylic acids is 2. The molecule has 0 aliphatic heterocycles. The predicted molar refractivity (Wildman–Crippen MR) is 101 cm³/mol. The number of aryl methyl sites for hydroxylation is 3. The fourth-order valence-corrected chi connectivity index (χ4v) is 3.36. The third-order valence-corrected chi connectivity index (χ3v) is 4.72. The molecule has 1 aliphatic rings. The molecule has 0 saturated heterocycles. The SMILES string of the molecule is Cc1cc(C)c(NC(=O)C2CC2C(=O)Nc2cccc(Cl)c2)c(C)c1. The van der Waals surface area contributed by atoms with E-state index in [2.05, 4.69) is 10.6 Å². The molecule has 0 spiro atoms. The minimum Gasteiger partial charge on any atom is -0.326 e. The van der Waals surface area contributed by atoms with E-state index >= 15 is 0 Å². The Labute approximate surface area is 152 Å². The van der Waals surface area contributed by atoms with Crippen LogP contribution in [0.2, 0.25) is 5.02 Å². The zero-order valence-corrected chi connectivity index (χ0v) is 15.3. The van der Waals surface area contributed by atoms with Gasteiger partial charge >= 0.3 is 0 Å². The van der Waals surface area contributed by atoms with Crippen molar-refractivity contribution < 1.29 is 9.59 Å². The van der Waals surface area contributed by atoms with E-state index in [-0.39, 0.29) is 23.7 Å². The molecule has 5 heteroatoms. The third-order valence-electron chi connectivity index (χ3n) is 4.48. The lowest BCUT2D eigenvalue weighted by atomic mass is 10.0. The Morgan fingerprint density at radius 2 is 1.56 bits per heavy atom. The number of nitrogens with one attached hydrogen (secondary N) is 2. The Morgan fingerprint density at radius 3 is 2.16 bits per heavy atom. The predicted octanol–water partition coefficient (Wildman–Crippen LogP) is 4.48. The molecule has 2 aromatic carbocycles. The van der Waals surface area contributed by atoms with Gasteiger partial charge in [0.15, 0.2) is 0 Å². The molecule has 2 atom stereocenters. The lowest BCUT2D eigenvalue weighted by Crippen LogP contribution is -2.21. The van der Waals surface area contributed by atoms with Crippen LogP contribution in [-0.2, 0) is 9.59 Å². The molecule has 2 unspecified atom stereocenters. The van der Waals surface area contributed by atoms with Crippen molar-refractivity contribution in [2.24, 2.45) is 11.8 Å². The number of rotatable bonds is 4. The van der Waals surface area contributed by atoms with Crippen molar-refractivity contribution in [3.8, 4) is 0 Å². The first-order valence-electron chi connectivity index (χ1n) is 8.30. The van der Waals surface area contributed by atoms with Gasteiger partial charge in [0.25, 0.3) is 0 Å². The summed E-state index contributed by atoms with van der Waals surface area (Å²) in [5.41, 5.74) is 4.72. The Morgan fingerprint density at radius 1 is 0.960 bits per heavy atom. The van der Waals surface area contributed by atoms with Crippen LogP contribution in [0.5, 0.6) is 0 Å². The van der Waals surface area contributed by atoms with Crippen molar-refractivity contribution >= 4 is 34.8 Å². The highest BCUT2D eigenvalue weighted by Gasteiger charge is 2.48. The van der Waals surface area contributed by atoms with Gasteiger partial charge in [-0.1, -0.05) is 35.4 Å². The summed E-state index contributed by atoms with van der Waals surface area (Å²) in [6.07, 6.45) is 0.572. The fraction of sp³-hybridized carbons (Fsp3) is 0.300. The summed E-state index contributed by atoms with van der Waals surface area (Å²) in [4.78, 5) is 24.8. The Bertz CT molecular complexity index is 824. The number of hydrogen-bond donors (Lipinski definition) is 2. The van der Waals surface area contributed by atoms with Crippen molar-refractivity contribution in [2.45, 2.75) is 27.2 Å². The molecule has 2 aromatic rings. The smallest absolute Gasteiger partial charge is 0.228 e. The van der Waals surface area contributed by atoms with Crippen LogP contribution in [0.3, 0.4) is 0 Å². The summed E-state index contributed by atoms with van der Waals surface area (Å²) >= 11 is 5.92. The topological polar surface area (TPSA) is 58.2 Å². The lowest BCUT2D eigenvalue weighted by Gasteiger charge is -2.13. The van der Waals surface area contributed by atoms with E-state index < -0.39 is 0 Å². The van der Waals surface area contributed by atoms with Gasteiger partial charge in [0.05, 0.1) is 11.8 Å². The highest BCUT2D eigenvalue weighted by Crippen LogP contribution is 2.40. The van der Waals surface area contributed by atoms with Crippen molar-refractivity contribution in [1.29, 1.82) is 0 Å². The number of anilines is 2. The summed E-state index contributed by atoms with van der Waals surface area (Å²) in [5, 5.41) is 6.37. The first-order valence-corrected chi connectivity index (χ1v) is 8.68. The molecule has 1 fully saturated rings. The van der Waals surface area contributed by atoms with Gasteiger partial charge in [-0.05, 0) is 56.5 Å². The van der Waals surface area contributed by atoms with Crippen molar-refractivity contribution in [3.05, 3.63) is 58.1 Å². The van der Waals surface area contributed by atoms with Crippen LogP contribution in [0.15, 0.2) is 36.4 Å². The maximum atomic E-state index is 12.5. The number of halogens is 1. The monoisotopic (exact) mass is 356 g/mol. The standard InChI is InChI=1S/C20H21ClN2O2/c1-11-7-12(2)18(13(3)8-11)23-20(25)17-10-16(17)19(24)22-15-6-4-5-14(21)9-15/h4-9,16-17H,10H2,1-3H3,(H,22,24)(H,23,25). The first kappa shape index (κ1) is 17.5. The molecule has 4 nitrogen and oxygen atoms in total. The van der Waals surface area contributed by atoms with Crippen LogP contribution in [0, 0.1) is 32.6 Å². The maximum Gasteiger partial charge on any atom is 0.228 e. The molecule has 2 N–H and O–H groups in total. The van der Waals surface area contributed by atoms with Gasteiger partial charge in [0.1, 0.15) is 0 Å². The molecular weight excluding hydrogens is 336 g/mol. The lowest BCUT2D eigenvalue weighted by molar-refractivity contribution is -0.122. The summed E-state index contributed by atoms with van der Waals surface area (Å²) in [6, 6.07) is 11.1. The highest BCUT2D eigenvalue weighted by atomic mass is 35.5. The Hall–Kier alpha value is -2.33. The molecule has 0 heterocycles. The quantitative estimate of drug-likeness (QED) is 0.848. The second-order valence-electron chi connectivity index (χ2n) is 6.71. The summed E-state index contributed by atoms with van der Waals surface area (Å²) in [6.45, 7) is 5.99. The molecule has 2 amide bonds. The summed E-state index contributed by atoms with van der Waals surface area (Å²) in [5.74, 6) is -0.801. The van der Waals surface area contributed by atoms with Crippen LogP contribution in [-0.4, -0.2) is 11.8 Å². The van der Waals surface area contributed by atoms with E-state index in [1.807, 2.05) is 32.9 Å². The molecule has 0 aromatic heterocycles. The van der Waals surface area contributed by atoms with Crippen LogP contribution in [0.1, 0.15) is 23.1 Å². The molecule has 0 bridgehead atoms. The Kier molecular flexibility index (Phi) is 4.82. The summed E-state index contributed by atoms with van der Waals surface area (Å²) < 4.78 is 0. The van der Waals surface area contributed by atoms with Gasteiger partial charge in [-0.15, -0.1) is 0 Å². The van der Waals surface area contributed by atoms with Gasteiger partial charge in [-0.2, -0.15) is 0 Å². The van der Waals surface area contributed by atoms with Gasteiger partial charge in [0.2, 0.25) is 11.8 Å². The van der Waals surface area contributed by atoms with Gasteiger partial charge in [0, 0.05) is 16.4 Å². The highest BCUT2D eigenvalue weighted by molar-refractivity contribution is 6.30. The number of benzene rings is 2. The van der Waals surface area contributed by atoms with Crippen molar-refractivity contribution in [1.82, 2.24) is 0 Å². The van der Waals surface area contributed by atoms with E-state index in [0.717, 1.165) is 22.4 Å². The molecular formula is C20H21ClN2O2. The molecule has 0 radical (unpaired) electrons. The number of hydrogen-bond acceptors (Lipinski definition) is 2. The minimum absolute atomic E-state index is 0.0960. The molecule has 130 valence electrons. The van der Waals surface area contributed by atoms with Crippen LogP contribution in [0.4, 0.5) is 11.4 Å². The largest absolute Gasteiger partial charge is 0.326 e. The molecule has 3 rings (SSSR count). The molecule has 25 heavy (non-hydrogen) atoms. The Balaban J connectivity index is 1.61. The van der Waals surface area contributed by atoms with Gasteiger partial charge < -0.3 is 10.6 Å². The second-order valence-corrected chi connectivity index (χ2v) is 7.15. The van der Waals surface area contributed by atoms with E-state index in [4.69, 9.17) is 11.6 Å². The molecule has 1 aliphatic carbocycles. The van der Waals surface area contributed by atoms with Crippen LogP contribution >= 0.6 is 11.6 Å². The normalized spacial score (nSPS) is 18.6. The van der Waals surface area contributed by atoms with Crippen LogP contribution in [0.25, 0.3) is 0 Å². The van der Waals surface area contributed by atoms with E-state index in [1.165, 1.54) is 0 Å². The minimum atomic E-state index is -0.287. The number of carbonyl (C=O) groups is 2. The zero-order valence-electron chi connectivity index (χ0n) is 14.5. The van der Waals surface area contributed by atoms with Crippen molar-refractivity contribution in [2.75, 3.05) is 10.6 Å². The van der Waals surface area contributed by atoms with E-state index in [9.17, 15) is 9.59 Å². The van der Waals surface area contributed by atoms with Gasteiger partial charge in [-0.25, -0.2) is 0 Å². The maximum absolute atomic E-state index is 12.5. The van der Waals surface area contributed by atoms with E-state index in [1.54, 1.807) is 24.3 Å². The fourth-order valence-electron chi connectivity index (χ4n) is 3.17. The second kappa shape index (κ2) is 6.89. The molecule has 1 saturated carbocycles. The zero-order chi connectivity index (χ0) is 18.1. The van der Waals surface area contributed by atoms with Crippen LogP contribution < -0.4 is 10.6 Å². The van der Waals surface area contributed by atoms with E-state index in [0.29, 0.717) is 17.1 Å². The first-order chi connectivity index (χ1) is 11.8. The van der Waals surface area contributed by atoms with Gasteiger partial charge in [-0.3, -0.25) is 9.59 Å². The number of amides is 2. The average Bonchev–Trinajstić information content (AvgIpc) is 3.31. The third kappa shape index (κ3) is 4.02. The summed E-state index contributed by atoms with van der Waals surface area (Å²) in [7, 11) is 0.